The number of carboxylic acid groups (broad SMARTS) is 1. The molecule has 2 aromatic heterocycles. The van der Waals surface area contributed by atoms with Crippen molar-refractivity contribution in [2.45, 2.75) is 19.3 Å². The van der Waals surface area contributed by atoms with Crippen LogP contribution < -0.4 is 15.4 Å². The first-order valence-corrected chi connectivity index (χ1v) is 10.9. The molecular weight excluding hydrogens is 540 g/mol. The van der Waals surface area contributed by atoms with E-state index in [0.717, 1.165) is 16.9 Å². The van der Waals surface area contributed by atoms with Crippen LogP contribution in [0.15, 0.2) is 42.6 Å². The summed E-state index contributed by atoms with van der Waals surface area (Å²) in [6.07, 6.45) is -8.77. The van der Waals surface area contributed by atoms with Crippen LogP contribution in [-0.4, -0.2) is 63.5 Å². The molecular formula is C23H19F6N5O5. The van der Waals surface area contributed by atoms with Crippen LogP contribution >= 0.6 is 0 Å². The first kappa shape index (κ1) is 28.9. The van der Waals surface area contributed by atoms with Crippen LogP contribution in [0.25, 0.3) is 5.69 Å². The highest BCUT2D eigenvalue weighted by molar-refractivity contribution is 5.99. The number of aromatic carboxylic acids is 1. The molecule has 0 fully saturated rings. The zero-order chi connectivity index (χ0) is 29.0. The quantitative estimate of drug-likeness (QED) is 0.270. The monoisotopic (exact) mass is 559 g/mol. The summed E-state index contributed by atoms with van der Waals surface area (Å²) >= 11 is 0. The number of rotatable bonds is 9. The summed E-state index contributed by atoms with van der Waals surface area (Å²) < 4.78 is 83.0. The van der Waals surface area contributed by atoms with Crippen LogP contribution in [0.1, 0.15) is 42.5 Å². The lowest BCUT2D eigenvalue weighted by Gasteiger charge is -2.14. The van der Waals surface area contributed by atoms with Crippen molar-refractivity contribution in [2.24, 2.45) is 0 Å². The predicted molar refractivity (Wildman–Crippen MR) is 121 cm³/mol. The molecule has 3 rings (SSSR count). The van der Waals surface area contributed by atoms with E-state index in [-0.39, 0.29) is 30.0 Å². The van der Waals surface area contributed by atoms with Crippen LogP contribution in [0.3, 0.4) is 0 Å². The number of aromatic nitrogens is 3. The van der Waals surface area contributed by atoms with E-state index < -0.39 is 59.4 Å². The number of ether oxygens (including phenoxy) is 1. The van der Waals surface area contributed by atoms with E-state index in [1.807, 2.05) is 0 Å². The van der Waals surface area contributed by atoms with Crippen molar-refractivity contribution in [1.29, 1.82) is 0 Å². The van der Waals surface area contributed by atoms with E-state index in [1.165, 1.54) is 19.1 Å². The molecule has 0 aliphatic rings. The number of nitrogens with zero attached hydrogens (tertiary/aromatic N) is 3. The molecule has 39 heavy (non-hydrogen) atoms. The third kappa shape index (κ3) is 7.45. The van der Waals surface area contributed by atoms with Crippen LogP contribution in [0, 0.1) is 6.92 Å². The number of pyridine rings is 1. The lowest BCUT2D eigenvalue weighted by atomic mass is 10.1. The molecule has 0 spiro atoms. The molecule has 208 valence electrons. The highest BCUT2D eigenvalue weighted by Crippen LogP contribution is 2.31. The van der Waals surface area contributed by atoms with E-state index in [1.54, 1.807) is 18.2 Å². The molecule has 3 N–H and O–H groups in total. The standard InChI is InChI=1S/C23H19F6N5O5/c1-12-14(9-15(21(37)38)20(32-12)39-11-22(24,25)26)18(35)30-7-8-31-19(36)16-10-34(13-5-3-2-4-6-13)33-17(16)23(27,28)29/h2-6,9-10H,7-8,11H2,1H3,(H,30,35)(H,31,36)(H,37,38). The highest BCUT2D eigenvalue weighted by Gasteiger charge is 2.39. The smallest absolute Gasteiger partial charge is 0.435 e. The topological polar surface area (TPSA) is 135 Å². The van der Waals surface area contributed by atoms with Gasteiger partial charge in [0.05, 0.1) is 22.5 Å². The number of carbonyl (C=O) groups excluding carboxylic acids is 2. The third-order valence-electron chi connectivity index (χ3n) is 4.97. The lowest BCUT2D eigenvalue weighted by molar-refractivity contribution is -0.154. The number of alkyl halides is 6. The molecule has 0 aliphatic heterocycles. The van der Waals surface area contributed by atoms with Gasteiger partial charge in [0.25, 0.3) is 11.8 Å². The second-order valence-electron chi connectivity index (χ2n) is 7.86. The maximum atomic E-state index is 13.5. The number of para-hydroxylation sites is 1. The molecule has 2 amide bonds. The van der Waals surface area contributed by atoms with Crippen LogP contribution in [0.4, 0.5) is 26.3 Å². The minimum Gasteiger partial charge on any atom is -0.477 e. The van der Waals surface area contributed by atoms with Crippen molar-refractivity contribution < 1.29 is 50.6 Å². The summed E-state index contributed by atoms with van der Waals surface area (Å²) in [7, 11) is 0. The van der Waals surface area contributed by atoms with Crippen molar-refractivity contribution in [3.8, 4) is 11.6 Å². The maximum Gasteiger partial charge on any atom is 0.435 e. The number of amides is 2. The van der Waals surface area contributed by atoms with Crippen molar-refractivity contribution in [3.05, 3.63) is 70.7 Å². The summed E-state index contributed by atoms with van der Waals surface area (Å²) in [5.74, 6) is -4.54. The van der Waals surface area contributed by atoms with Gasteiger partial charge in [0.2, 0.25) is 5.88 Å². The molecule has 0 unspecified atom stereocenters. The molecule has 10 nitrogen and oxygen atoms in total. The van der Waals surface area contributed by atoms with Crippen molar-refractivity contribution >= 4 is 17.8 Å². The van der Waals surface area contributed by atoms with Gasteiger partial charge in [0.15, 0.2) is 12.3 Å². The molecule has 0 atom stereocenters. The third-order valence-corrected chi connectivity index (χ3v) is 4.97. The average molecular weight is 559 g/mol. The number of carboxylic acids is 1. The van der Waals surface area contributed by atoms with Gasteiger partial charge in [-0.05, 0) is 25.1 Å². The van der Waals surface area contributed by atoms with Gasteiger partial charge in [-0.2, -0.15) is 31.4 Å². The number of hydrogen-bond donors (Lipinski definition) is 3. The Morgan fingerprint density at radius 2 is 1.54 bits per heavy atom. The Balaban J connectivity index is 1.66. The fourth-order valence-electron chi connectivity index (χ4n) is 3.23. The summed E-state index contributed by atoms with van der Waals surface area (Å²) in [5.41, 5.74) is -3.13. The first-order chi connectivity index (χ1) is 18.2. The average Bonchev–Trinajstić information content (AvgIpc) is 3.31. The zero-order valence-electron chi connectivity index (χ0n) is 19.9. The number of carbonyl (C=O) groups is 3. The molecule has 0 aliphatic carbocycles. The van der Waals surface area contributed by atoms with Crippen molar-refractivity contribution in [1.82, 2.24) is 25.4 Å². The Bertz CT molecular complexity index is 1370. The van der Waals surface area contributed by atoms with E-state index in [2.05, 4.69) is 25.5 Å². The number of hydrogen-bond acceptors (Lipinski definition) is 6. The Labute approximate surface area is 215 Å². The molecule has 16 heteroatoms. The molecule has 1 aromatic carbocycles. The van der Waals surface area contributed by atoms with E-state index >= 15 is 0 Å². The van der Waals surface area contributed by atoms with Crippen molar-refractivity contribution in [3.63, 3.8) is 0 Å². The normalized spacial score (nSPS) is 11.7. The lowest BCUT2D eigenvalue weighted by Crippen LogP contribution is -2.35. The summed E-state index contributed by atoms with van der Waals surface area (Å²) in [6.45, 7) is -1.20. The molecule has 0 saturated heterocycles. The fourth-order valence-corrected chi connectivity index (χ4v) is 3.23. The van der Waals surface area contributed by atoms with E-state index in [4.69, 9.17) is 0 Å². The number of halogens is 6. The van der Waals surface area contributed by atoms with Crippen LogP contribution in [0.5, 0.6) is 5.88 Å². The van der Waals surface area contributed by atoms with Gasteiger partial charge in [-0.25, -0.2) is 14.5 Å². The predicted octanol–water partition coefficient (Wildman–Crippen LogP) is 3.39. The van der Waals surface area contributed by atoms with Gasteiger partial charge in [-0.1, -0.05) is 18.2 Å². The van der Waals surface area contributed by atoms with E-state index in [0.29, 0.717) is 0 Å². The van der Waals surface area contributed by atoms with Crippen LogP contribution in [-0.2, 0) is 6.18 Å². The number of nitrogens with one attached hydrogen (secondary N) is 2. The number of benzene rings is 1. The molecule has 3 aromatic rings. The van der Waals surface area contributed by atoms with Gasteiger partial charge in [-0.3, -0.25) is 9.59 Å². The summed E-state index contributed by atoms with van der Waals surface area (Å²) in [6, 6.07) is 8.56. The molecule has 0 radical (unpaired) electrons. The minimum absolute atomic E-state index is 0.151. The molecule has 2 heterocycles. The Hall–Kier alpha value is -4.63. The van der Waals surface area contributed by atoms with Gasteiger partial charge >= 0.3 is 18.3 Å². The Morgan fingerprint density at radius 1 is 0.949 bits per heavy atom. The second-order valence-corrected chi connectivity index (χ2v) is 7.86. The first-order valence-electron chi connectivity index (χ1n) is 10.9. The fraction of sp³-hybridized carbons (Fsp3) is 0.261. The zero-order valence-corrected chi connectivity index (χ0v) is 19.9. The largest absolute Gasteiger partial charge is 0.477 e. The number of aryl methyl sites for hydroxylation is 1. The second kappa shape index (κ2) is 11.4. The maximum absolute atomic E-state index is 13.5. The Morgan fingerprint density at radius 3 is 2.08 bits per heavy atom. The molecule has 0 saturated carbocycles. The SMILES string of the molecule is Cc1nc(OCC(F)(F)F)c(C(=O)O)cc1C(=O)NCCNC(=O)c1cn(-c2ccccc2)nc1C(F)(F)F. The summed E-state index contributed by atoms with van der Waals surface area (Å²) in [5, 5.41) is 17.3. The van der Waals surface area contributed by atoms with Crippen LogP contribution in [0.2, 0.25) is 0 Å². The summed E-state index contributed by atoms with van der Waals surface area (Å²) in [4.78, 5) is 40.0. The van der Waals surface area contributed by atoms with E-state index in [9.17, 15) is 45.8 Å². The van der Waals surface area contributed by atoms with Gasteiger partial charge in [-0.15, -0.1) is 0 Å². The Kier molecular flexibility index (Phi) is 8.46. The minimum atomic E-state index is -4.93. The molecule has 0 bridgehead atoms. The van der Waals surface area contributed by atoms with Gasteiger partial charge in [0.1, 0.15) is 5.56 Å². The van der Waals surface area contributed by atoms with Gasteiger partial charge < -0.3 is 20.5 Å². The van der Waals surface area contributed by atoms with Crippen molar-refractivity contribution in [2.75, 3.05) is 19.7 Å². The van der Waals surface area contributed by atoms with Gasteiger partial charge in [0, 0.05) is 19.3 Å². The highest BCUT2D eigenvalue weighted by atomic mass is 19.4.